The molecular formula is C10H12INOS. The first-order chi connectivity index (χ1) is 6.65. The van der Waals surface area contributed by atoms with E-state index in [4.69, 9.17) is 0 Å². The monoisotopic (exact) mass is 321 g/mol. The van der Waals surface area contributed by atoms with Crippen molar-refractivity contribution < 1.29 is 4.79 Å². The van der Waals surface area contributed by atoms with Gasteiger partial charge in [0.15, 0.2) is 0 Å². The molecular weight excluding hydrogens is 309 g/mol. The topological polar surface area (TPSA) is 29.1 Å². The summed E-state index contributed by atoms with van der Waals surface area (Å²) in [5.74, 6) is 0.0571. The molecule has 1 aromatic rings. The van der Waals surface area contributed by atoms with E-state index in [1.165, 1.54) is 0 Å². The van der Waals surface area contributed by atoms with Gasteiger partial charge in [0.2, 0.25) is 5.91 Å². The second-order valence-electron chi connectivity index (χ2n) is 2.85. The lowest BCUT2D eigenvalue weighted by atomic mass is 10.3. The van der Waals surface area contributed by atoms with E-state index < -0.39 is 0 Å². The van der Waals surface area contributed by atoms with Gasteiger partial charge in [-0.15, -0.1) is 0 Å². The minimum atomic E-state index is -0.00833. The molecule has 0 heterocycles. The molecule has 0 radical (unpaired) electrons. The number of benzene rings is 1. The number of amides is 1. The molecule has 0 saturated carbocycles. The second-order valence-corrected chi connectivity index (χ2v) is 5.19. The van der Waals surface area contributed by atoms with Gasteiger partial charge in [0.05, 0.1) is 10.9 Å². The standard InChI is InChI=1S/C10H12INOS/c1-7(14-2)10(13)12-9-6-4-3-5-8(9)11/h3-7H,1-2H3,(H,12,13)/t7-/m0/s1. The summed E-state index contributed by atoms with van der Waals surface area (Å²) >= 11 is 3.75. The summed E-state index contributed by atoms with van der Waals surface area (Å²) < 4.78 is 1.06. The zero-order valence-electron chi connectivity index (χ0n) is 8.08. The lowest BCUT2D eigenvalue weighted by Crippen LogP contribution is -2.22. The van der Waals surface area contributed by atoms with Gasteiger partial charge < -0.3 is 5.32 Å². The van der Waals surface area contributed by atoms with E-state index in [-0.39, 0.29) is 11.2 Å². The summed E-state index contributed by atoms with van der Waals surface area (Å²) in [4.78, 5) is 11.6. The molecule has 1 aromatic carbocycles. The molecule has 0 fully saturated rings. The Morgan fingerprint density at radius 1 is 1.50 bits per heavy atom. The number of nitrogens with one attached hydrogen (secondary N) is 1. The van der Waals surface area contributed by atoms with Gasteiger partial charge in [-0.2, -0.15) is 11.8 Å². The number of anilines is 1. The number of carbonyl (C=O) groups excluding carboxylic acids is 1. The molecule has 0 saturated heterocycles. The van der Waals surface area contributed by atoms with Crippen molar-refractivity contribution in [2.24, 2.45) is 0 Å². The smallest absolute Gasteiger partial charge is 0.237 e. The number of hydrogen-bond donors (Lipinski definition) is 1. The fourth-order valence-electron chi connectivity index (χ4n) is 0.904. The van der Waals surface area contributed by atoms with Crippen molar-refractivity contribution in [2.75, 3.05) is 11.6 Å². The Bertz CT molecular complexity index is 330. The van der Waals surface area contributed by atoms with Crippen LogP contribution in [0, 0.1) is 3.57 Å². The van der Waals surface area contributed by atoms with Crippen LogP contribution in [0.25, 0.3) is 0 Å². The highest BCUT2D eigenvalue weighted by Crippen LogP contribution is 2.18. The third-order valence-corrected chi connectivity index (χ3v) is 3.72. The highest BCUT2D eigenvalue weighted by Gasteiger charge is 2.11. The van der Waals surface area contributed by atoms with Crippen LogP contribution >= 0.6 is 34.4 Å². The highest BCUT2D eigenvalue weighted by molar-refractivity contribution is 14.1. The van der Waals surface area contributed by atoms with Crippen LogP contribution in [0.4, 0.5) is 5.69 Å². The van der Waals surface area contributed by atoms with Gasteiger partial charge in [-0.25, -0.2) is 0 Å². The summed E-state index contributed by atoms with van der Waals surface area (Å²) in [6.45, 7) is 1.90. The van der Waals surface area contributed by atoms with E-state index in [1.807, 2.05) is 37.4 Å². The molecule has 1 atom stereocenters. The Morgan fingerprint density at radius 3 is 2.71 bits per heavy atom. The molecule has 2 nitrogen and oxygen atoms in total. The van der Waals surface area contributed by atoms with Crippen molar-refractivity contribution in [2.45, 2.75) is 12.2 Å². The average Bonchev–Trinajstić information content (AvgIpc) is 2.20. The molecule has 0 unspecified atom stereocenters. The lowest BCUT2D eigenvalue weighted by Gasteiger charge is -2.10. The van der Waals surface area contributed by atoms with E-state index in [0.717, 1.165) is 9.26 Å². The fraction of sp³-hybridized carbons (Fsp3) is 0.300. The minimum Gasteiger partial charge on any atom is -0.324 e. The summed E-state index contributed by atoms with van der Waals surface area (Å²) in [7, 11) is 0. The Labute approximate surface area is 102 Å². The second kappa shape index (κ2) is 5.60. The minimum absolute atomic E-state index is 0.00833. The first-order valence-electron chi connectivity index (χ1n) is 4.23. The van der Waals surface area contributed by atoms with Crippen LogP contribution in [0.2, 0.25) is 0 Å². The van der Waals surface area contributed by atoms with Crippen LogP contribution in [0.1, 0.15) is 6.92 Å². The quantitative estimate of drug-likeness (QED) is 0.867. The van der Waals surface area contributed by atoms with Gasteiger partial charge in [-0.1, -0.05) is 12.1 Å². The average molecular weight is 321 g/mol. The van der Waals surface area contributed by atoms with Crippen LogP contribution in [0.3, 0.4) is 0 Å². The third kappa shape index (κ3) is 3.16. The zero-order chi connectivity index (χ0) is 10.6. The first kappa shape index (κ1) is 11.8. The van der Waals surface area contributed by atoms with E-state index in [2.05, 4.69) is 27.9 Å². The summed E-state index contributed by atoms with van der Waals surface area (Å²) in [6.07, 6.45) is 1.93. The van der Waals surface area contributed by atoms with Crippen molar-refractivity contribution in [3.63, 3.8) is 0 Å². The Balaban J connectivity index is 2.70. The van der Waals surface area contributed by atoms with Crippen LogP contribution in [0.5, 0.6) is 0 Å². The number of carbonyl (C=O) groups is 1. The van der Waals surface area contributed by atoms with Crippen LogP contribution in [-0.4, -0.2) is 17.4 Å². The molecule has 14 heavy (non-hydrogen) atoms. The largest absolute Gasteiger partial charge is 0.324 e. The number of rotatable bonds is 3. The van der Waals surface area contributed by atoms with Crippen LogP contribution < -0.4 is 5.32 Å². The predicted molar refractivity (Wildman–Crippen MR) is 70.8 cm³/mol. The summed E-state index contributed by atoms with van der Waals surface area (Å²) in [5, 5.41) is 2.89. The maximum Gasteiger partial charge on any atom is 0.237 e. The third-order valence-electron chi connectivity index (χ3n) is 1.85. The molecule has 0 bridgehead atoms. The van der Waals surface area contributed by atoms with E-state index in [0.29, 0.717) is 0 Å². The molecule has 0 spiro atoms. The molecule has 4 heteroatoms. The molecule has 1 N–H and O–H groups in total. The van der Waals surface area contributed by atoms with Gasteiger partial charge in [-0.05, 0) is 47.9 Å². The lowest BCUT2D eigenvalue weighted by molar-refractivity contribution is -0.115. The number of halogens is 1. The van der Waals surface area contributed by atoms with E-state index in [9.17, 15) is 4.79 Å². The van der Waals surface area contributed by atoms with Gasteiger partial charge in [-0.3, -0.25) is 4.79 Å². The van der Waals surface area contributed by atoms with Crippen molar-refractivity contribution in [3.8, 4) is 0 Å². The van der Waals surface area contributed by atoms with E-state index >= 15 is 0 Å². The van der Waals surface area contributed by atoms with E-state index in [1.54, 1.807) is 11.8 Å². The fourth-order valence-corrected chi connectivity index (χ4v) is 1.70. The maximum atomic E-state index is 11.6. The number of thioether (sulfide) groups is 1. The van der Waals surface area contributed by atoms with Gasteiger partial charge in [0.1, 0.15) is 0 Å². The van der Waals surface area contributed by atoms with Gasteiger partial charge >= 0.3 is 0 Å². The number of para-hydroxylation sites is 1. The number of hydrogen-bond acceptors (Lipinski definition) is 2. The van der Waals surface area contributed by atoms with Crippen molar-refractivity contribution in [1.82, 2.24) is 0 Å². The molecule has 0 aromatic heterocycles. The van der Waals surface area contributed by atoms with Gasteiger partial charge in [0, 0.05) is 3.57 Å². The SMILES string of the molecule is CS[C@@H](C)C(=O)Nc1ccccc1I. The Morgan fingerprint density at radius 2 is 2.14 bits per heavy atom. The summed E-state index contributed by atoms with van der Waals surface area (Å²) in [5.41, 5.74) is 0.888. The van der Waals surface area contributed by atoms with Crippen LogP contribution in [0.15, 0.2) is 24.3 Å². The molecule has 0 aliphatic rings. The van der Waals surface area contributed by atoms with Crippen molar-refractivity contribution in [3.05, 3.63) is 27.8 Å². The molecule has 1 rings (SSSR count). The molecule has 1 amide bonds. The van der Waals surface area contributed by atoms with Crippen molar-refractivity contribution in [1.29, 1.82) is 0 Å². The Kier molecular flexibility index (Phi) is 4.74. The maximum absolute atomic E-state index is 11.6. The molecule has 76 valence electrons. The zero-order valence-corrected chi connectivity index (χ0v) is 11.1. The summed E-state index contributed by atoms with van der Waals surface area (Å²) in [6, 6.07) is 7.75. The van der Waals surface area contributed by atoms with Gasteiger partial charge in [0.25, 0.3) is 0 Å². The Hall–Kier alpha value is -0.230. The predicted octanol–water partition coefficient (Wildman–Crippen LogP) is 2.98. The van der Waals surface area contributed by atoms with Crippen molar-refractivity contribution >= 4 is 45.9 Å². The first-order valence-corrected chi connectivity index (χ1v) is 6.60. The molecule has 0 aliphatic carbocycles. The molecule has 0 aliphatic heterocycles. The normalized spacial score (nSPS) is 12.2. The highest BCUT2D eigenvalue weighted by atomic mass is 127. The van der Waals surface area contributed by atoms with Crippen LogP contribution in [-0.2, 0) is 4.79 Å².